The van der Waals surface area contributed by atoms with Crippen LogP contribution in [0.2, 0.25) is 17.3 Å². The van der Waals surface area contributed by atoms with Gasteiger partial charge in [-0.1, -0.05) is 88.0 Å². The van der Waals surface area contributed by atoms with Crippen LogP contribution in [0.3, 0.4) is 0 Å². The molecule has 0 fully saturated rings. The Labute approximate surface area is 387 Å². The van der Waals surface area contributed by atoms with Crippen molar-refractivity contribution in [3.8, 4) is 39.5 Å². The maximum Gasteiger partial charge on any atom is 0 e. The summed E-state index contributed by atoms with van der Waals surface area (Å²) in [6.45, 7) is 11.3. The Morgan fingerprint density at radius 2 is 1.51 bits per heavy atom. The zero-order chi connectivity index (χ0) is 48.5. The van der Waals surface area contributed by atoms with E-state index in [0.717, 1.165) is 72.1 Å². The topological polar surface area (TPSA) is 56.7 Å². The summed E-state index contributed by atoms with van der Waals surface area (Å²) < 4.78 is 66.6. The van der Waals surface area contributed by atoms with Crippen molar-refractivity contribution in [2.75, 3.05) is 0 Å². The molecule has 9 aromatic rings. The Morgan fingerprint density at radius 3 is 2.15 bits per heavy atom. The number of rotatable bonds is 7. The zero-order valence-corrected chi connectivity index (χ0v) is 40.8. The molecule has 0 saturated carbocycles. The van der Waals surface area contributed by atoms with Crippen molar-refractivity contribution in [3.63, 3.8) is 0 Å². The summed E-state index contributed by atoms with van der Waals surface area (Å²) in [4.78, 5) is 14.4. The average molecular weight is 1050 g/mol. The van der Waals surface area contributed by atoms with Crippen LogP contribution < -0.4 is 4.40 Å². The van der Waals surface area contributed by atoms with Gasteiger partial charge in [0.2, 0.25) is 5.71 Å². The van der Waals surface area contributed by atoms with Gasteiger partial charge in [-0.25, -0.2) is 4.98 Å². The molecule has 4 heterocycles. The van der Waals surface area contributed by atoms with E-state index in [1.54, 1.807) is 0 Å². The quantitative estimate of drug-likeness (QED) is 0.118. The maximum atomic E-state index is 9.40. The number of pyridine rings is 2. The summed E-state index contributed by atoms with van der Waals surface area (Å²) in [7, 11) is 0. The summed E-state index contributed by atoms with van der Waals surface area (Å²) >= 11 is -1.93. The number of hydrogen-bond donors (Lipinski definition) is 0. The van der Waals surface area contributed by atoms with Gasteiger partial charge < -0.3 is 8.98 Å². The number of furan rings is 1. The first-order chi connectivity index (χ1) is 31.3. The van der Waals surface area contributed by atoms with Gasteiger partial charge in [0, 0.05) is 39.6 Å². The van der Waals surface area contributed by atoms with Gasteiger partial charge in [-0.15, -0.1) is 17.7 Å². The molecule has 0 aliphatic rings. The third-order valence-electron chi connectivity index (χ3n) is 11.1. The monoisotopic (exact) mass is 1050 g/mol. The van der Waals surface area contributed by atoms with E-state index in [1.807, 2.05) is 95.4 Å². The fourth-order valence-corrected chi connectivity index (χ4v) is 9.77. The van der Waals surface area contributed by atoms with Crippen LogP contribution in [0.1, 0.15) is 82.6 Å². The minimum Gasteiger partial charge on any atom is 0 e. The molecule has 0 saturated heterocycles. The number of nitrogens with zero attached hydrogens (tertiary/aromatic N) is 4. The van der Waals surface area contributed by atoms with Crippen LogP contribution in [-0.2, 0) is 20.1 Å². The molecule has 0 atom stereocenters. The summed E-state index contributed by atoms with van der Waals surface area (Å²) in [6, 6.07) is 37.7. The third-order valence-corrected chi connectivity index (χ3v) is 15.3. The van der Waals surface area contributed by atoms with Crippen LogP contribution in [0, 0.1) is 39.8 Å². The number of fused-ring (bicyclic) bond motifs is 4. The Bertz CT molecular complexity index is 3290. The minimum atomic E-state index is -2.47. The smallest absolute Gasteiger partial charge is 0 e. The van der Waals surface area contributed by atoms with Crippen molar-refractivity contribution >= 4 is 50.8 Å². The van der Waals surface area contributed by atoms with Gasteiger partial charge in [-0.3, -0.25) is 4.98 Å². The first kappa shape index (κ1) is 35.5. The normalized spacial score (nSPS) is 13.9. The number of para-hydroxylation sites is 2. The van der Waals surface area contributed by atoms with Crippen LogP contribution in [0.15, 0.2) is 120 Å². The van der Waals surface area contributed by atoms with Crippen molar-refractivity contribution < 1.29 is 34.1 Å². The summed E-state index contributed by atoms with van der Waals surface area (Å²) in [5, 5.41) is 1.96. The molecule has 0 spiro atoms. The minimum absolute atomic E-state index is 0. The predicted molar refractivity (Wildman–Crippen MR) is 254 cm³/mol. The number of imidazole rings is 1. The molecule has 0 aliphatic carbocycles. The molecule has 0 unspecified atom stereocenters. The second-order valence-electron chi connectivity index (χ2n) is 17.0. The summed E-state index contributed by atoms with van der Waals surface area (Å²) in [5.41, 5.74) is 12.0. The van der Waals surface area contributed by atoms with Gasteiger partial charge in [0.15, 0.2) is 0 Å². The third kappa shape index (κ3) is 8.68. The number of aromatic nitrogens is 4. The van der Waals surface area contributed by atoms with Crippen molar-refractivity contribution in [3.05, 3.63) is 161 Å². The zero-order valence-electron chi connectivity index (χ0n) is 43.3. The summed E-state index contributed by atoms with van der Waals surface area (Å²) in [6.07, 6.45) is 1.84. The fourth-order valence-electron chi connectivity index (χ4n) is 7.60. The molecule has 1 radical (unpaired) electrons. The van der Waals surface area contributed by atoms with Crippen LogP contribution in [0.4, 0.5) is 0 Å². The predicted octanol–water partition coefficient (Wildman–Crippen LogP) is 14.0. The first-order valence-electron chi connectivity index (χ1n) is 23.8. The maximum absolute atomic E-state index is 9.40. The molecular weight excluding hydrogens is 985 g/mol. The second-order valence-corrected chi connectivity index (χ2v) is 27.6. The molecule has 311 valence electrons. The van der Waals surface area contributed by atoms with E-state index < -0.39 is 31.9 Å². The first-order valence-corrected chi connectivity index (χ1v) is 27.6. The summed E-state index contributed by atoms with van der Waals surface area (Å²) in [5.74, 6) is 5.49. The Kier molecular flexibility index (Phi) is 10.3. The molecule has 61 heavy (non-hydrogen) atoms. The second kappa shape index (κ2) is 17.7. The van der Waals surface area contributed by atoms with E-state index in [1.165, 1.54) is 10.5 Å². The molecular formula is C54H54GeIrN4O-2. The van der Waals surface area contributed by atoms with Gasteiger partial charge in [0.1, 0.15) is 0 Å². The SMILES string of the molecule is [2H]C(C)(C)c1cc(-c2ccccc2)cc(C([2H])(C)C)c1-n1c(-c2[c-]cc(C)c3c2oc2nc(C)c(C)cc23)nc2ccccc21.[2H]c1[c-]c(-c2cc[c]([Ge]([CH3])([CH3])[CH3])cn2)cc([2H])c1C([2H])([2H])[2H].[Ir]. The van der Waals surface area contributed by atoms with Crippen LogP contribution >= 0.6 is 0 Å². The number of benzene rings is 5. The van der Waals surface area contributed by atoms with Crippen molar-refractivity contribution in [2.24, 2.45) is 0 Å². The van der Waals surface area contributed by atoms with Gasteiger partial charge in [-0.2, -0.15) is 0 Å². The number of aryl methyl sites for hydroxylation is 3. The molecule has 0 N–H and O–H groups in total. The van der Waals surface area contributed by atoms with Gasteiger partial charge >= 0.3 is 113 Å². The van der Waals surface area contributed by atoms with E-state index >= 15 is 0 Å². The van der Waals surface area contributed by atoms with Crippen molar-refractivity contribution in [2.45, 2.75) is 84.4 Å². The average Bonchev–Trinajstić information content (AvgIpc) is 3.81. The van der Waals surface area contributed by atoms with Gasteiger partial charge in [-0.05, 0) is 83.8 Å². The van der Waals surface area contributed by atoms with Gasteiger partial charge in [0.25, 0.3) is 0 Å². The van der Waals surface area contributed by atoms with Gasteiger partial charge in [0.05, 0.1) is 22.4 Å². The van der Waals surface area contributed by atoms with Crippen molar-refractivity contribution in [1.82, 2.24) is 19.5 Å². The molecule has 5 nitrogen and oxygen atoms in total. The van der Waals surface area contributed by atoms with E-state index in [9.17, 15) is 2.74 Å². The molecule has 5 aromatic carbocycles. The van der Waals surface area contributed by atoms with E-state index in [-0.39, 0.29) is 37.8 Å². The van der Waals surface area contributed by atoms with E-state index in [2.05, 4.69) is 89.2 Å². The molecule has 0 bridgehead atoms. The van der Waals surface area contributed by atoms with Crippen LogP contribution in [-0.4, -0.2) is 32.8 Å². The Hall–Kier alpha value is -5.14. The molecule has 0 amide bonds. The molecule has 4 aromatic heterocycles. The Morgan fingerprint density at radius 1 is 0.803 bits per heavy atom. The van der Waals surface area contributed by atoms with E-state index in [4.69, 9.17) is 21.2 Å². The van der Waals surface area contributed by atoms with Crippen molar-refractivity contribution in [1.29, 1.82) is 0 Å². The van der Waals surface area contributed by atoms with Crippen LogP contribution in [0.25, 0.3) is 72.6 Å². The fraction of sp³-hybridized carbons (Fsp3) is 0.241. The molecule has 9 rings (SSSR count). The largest absolute Gasteiger partial charge is 0 e. The standard InChI is InChI=1S/C39H36N3O.C15H18GeN.Ir/c1-22(2)30-20-28(27-13-9-8-10-14-27)21-31(23(3)4)36(30)42-34-16-12-11-15-33(34)41-38(42)29-18-17-24(5)35-32-19-25(6)26(7)40-39(32)43-37(29)35;1-12-5-7-13(8-6-12)15-10-9-14(11-17-15)16(2,3)4;/h8-17,19-23H,1-7H3;5-7,9-11H,1-4H3;/q2*-1;/i22D,23D;1D3,5D,6D;. The van der Waals surface area contributed by atoms with Crippen LogP contribution in [0.5, 0.6) is 0 Å². The number of hydrogen-bond acceptors (Lipinski definition) is 4. The molecule has 0 aliphatic heterocycles. The Balaban J connectivity index is 0.000000251. The van der Waals surface area contributed by atoms with E-state index in [0.29, 0.717) is 28.4 Å². The molecule has 7 heteroatoms.